The highest BCUT2D eigenvalue weighted by Crippen LogP contribution is 2.42. The van der Waals surface area contributed by atoms with Crippen LogP contribution in [0.1, 0.15) is 75.6 Å². The minimum absolute atomic E-state index is 0.0511. The van der Waals surface area contributed by atoms with Crippen molar-refractivity contribution in [3.63, 3.8) is 0 Å². The number of halogens is 1. The lowest BCUT2D eigenvalue weighted by atomic mass is 9.90. The average Bonchev–Trinajstić information content (AvgIpc) is 3.41. The van der Waals surface area contributed by atoms with Gasteiger partial charge in [0.15, 0.2) is 0 Å². The number of sulfonamides is 1. The minimum Gasteiger partial charge on any atom is -0.351 e. The Morgan fingerprint density at radius 2 is 1.86 bits per heavy atom. The quantitative estimate of drug-likeness (QED) is 0.321. The van der Waals surface area contributed by atoms with Crippen LogP contribution >= 0.6 is 11.3 Å². The number of anilines is 1. The molecule has 1 saturated carbocycles. The lowest BCUT2D eigenvalue weighted by Crippen LogP contribution is -2.50. The topological polar surface area (TPSA) is 126 Å². The number of piperazine rings is 1. The molecular formula is C30H42FN7O2S2. The molecule has 0 bridgehead atoms. The van der Waals surface area contributed by atoms with Gasteiger partial charge in [0.1, 0.15) is 11.1 Å². The average molecular weight is 616 g/mol. The Kier molecular flexibility index (Phi) is 9.29. The number of primary sulfonamides is 1. The number of nitrogens with one attached hydrogen (secondary N) is 2. The summed E-state index contributed by atoms with van der Waals surface area (Å²) < 4.78 is 40.6. The molecule has 5 rings (SSSR count). The molecule has 42 heavy (non-hydrogen) atoms. The zero-order valence-electron chi connectivity index (χ0n) is 24.9. The molecule has 3 aromatic rings. The first-order valence-electron chi connectivity index (χ1n) is 14.8. The maximum Gasteiger partial charge on any atom is 0.223 e. The van der Waals surface area contributed by atoms with Crippen LogP contribution in [0.3, 0.4) is 0 Å². The first-order valence-corrected chi connectivity index (χ1v) is 17.2. The predicted octanol–water partition coefficient (Wildman–Crippen LogP) is 5.07. The predicted molar refractivity (Wildman–Crippen MR) is 167 cm³/mol. The van der Waals surface area contributed by atoms with Gasteiger partial charge in [0.05, 0.1) is 21.3 Å². The molecule has 2 aromatic heterocycles. The number of thiazole rings is 1. The molecule has 2 fully saturated rings. The van der Waals surface area contributed by atoms with Crippen LogP contribution in [0, 0.1) is 5.82 Å². The molecule has 1 aromatic carbocycles. The summed E-state index contributed by atoms with van der Waals surface area (Å²) in [6.07, 6.45) is 6.30. The first kappa shape index (κ1) is 30.9. The smallest absolute Gasteiger partial charge is 0.223 e. The van der Waals surface area contributed by atoms with Crippen LogP contribution in [0.5, 0.6) is 0 Å². The summed E-state index contributed by atoms with van der Waals surface area (Å²) in [6, 6.07) is 7.53. The van der Waals surface area contributed by atoms with Gasteiger partial charge in [-0.2, -0.15) is 0 Å². The summed E-state index contributed by atoms with van der Waals surface area (Å²) >= 11 is 1.47. The zero-order chi connectivity index (χ0) is 30.1. The van der Waals surface area contributed by atoms with Gasteiger partial charge in [-0.1, -0.05) is 39.8 Å². The Bertz CT molecular complexity index is 1490. The van der Waals surface area contributed by atoms with Gasteiger partial charge >= 0.3 is 0 Å². The van der Waals surface area contributed by atoms with Crippen LogP contribution in [0.15, 0.2) is 30.5 Å². The second kappa shape index (κ2) is 12.6. The summed E-state index contributed by atoms with van der Waals surface area (Å²) in [5.41, 5.74) is 1.09. The number of benzene rings is 1. The van der Waals surface area contributed by atoms with E-state index in [4.69, 9.17) is 15.1 Å². The molecule has 1 saturated heterocycles. The third kappa shape index (κ3) is 6.83. The first-order chi connectivity index (χ1) is 20.0. The fourth-order valence-electron chi connectivity index (χ4n) is 5.98. The molecular weight excluding hydrogens is 574 g/mol. The lowest BCUT2D eigenvalue weighted by Gasteiger charge is -2.39. The van der Waals surface area contributed by atoms with Gasteiger partial charge in [-0.15, -0.1) is 11.3 Å². The van der Waals surface area contributed by atoms with E-state index in [1.165, 1.54) is 17.4 Å². The second-order valence-electron chi connectivity index (χ2n) is 12.3. The molecule has 12 heteroatoms. The number of nitrogens with zero attached hydrogens (tertiary/aromatic N) is 4. The van der Waals surface area contributed by atoms with E-state index in [0.717, 1.165) is 56.9 Å². The third-order valence-corrected chi connectivity index (χ3v) is 11.1. The number of rotatable bonds is 8. The van der Waals surface area contributed by atoms with Gasteiger partial charge in [-0.25, -0.2) is 32.9 Å². The highest BCUT2D eigenvalue weighted by atomic mass is 32.2. The van der Waals surface area contributed by atoms with Gasteiger partial charge in [0, 0.05) is 61.0 Å². The van der Waals surface area contributed by atoms with Crippen molar-refractivity contribution in [2.75, 3.05) is 31.5 Å². The molecule has 0 spiro atoms. The van der Waals surface area contributed by atoms with E-state index in [1.807, 2.05) is 6.07 Å². The van der Waals surface area contributed by atoms with Crippen LogP contribution in [0.4, 0.5) is 10.3 Å². The Labute approximate surface area is 252 Å². The van der Waals surface area contributed by atoms with Crippen molar-refractivity contribution in [1.29, 1.82) is 0 Å². The van der Waals surface area contributed by atoms with Crippen molar-refractivity contribution >= 4 is 27.3 Å². The van der Waals surface area contributed by atoms with E-state index in [0.29, 0.717) is 34.3 Å². The standard InChI is InChI=1S/C30H42FN7O2S2/c1-5-24(42(32,39)40)21-7-6-8-22(25(21)31)26-27(41-28(37-26)30(2,3)4)23-13-14-34-29(36-23)35-19-9-11-20(12-10-19)38-17-15-33-16-18-38/h6-8,13-14,19-20,24,33H,5,9-12,15-18H2,1-4H3,(H2,32,39,40)(H,34,35,36). The Balaban J connectivity index is 1.44. The number of nitrogens with two attached hydrogens (primary N) is 1. The monoisotopic (exact) mass is 615 g/mol. The molecule has 1 atom stereocenters. The summed E-state index contributed by atoms with van der Waals surface area (Å²) in [5, 5.41) is 12.1. The number of hydrogen-bond acceptors (Lipinski definition) is 9. The van der Waals surface area contributed by atoms with Crippen molar-refractivity contribution in [3.05, 3.63) is 46.9 Å². The van der Waals surface area contributed by atoms with E-state index in [2.05, 4.69) is 41.3 Å². The fraction of sp³-hybridized carbons (Fsp3) is 0.567. The molecule has 0 radical (unpaired) electrons. The molecule has 1 aliphatic heterocycles. The van der Waals surface area contributed by atoms with Crippen LogP contribution in [-0.2, 0) is 15.4 Å². The molecule has 0 amide bonds. The zero-order valence-corrected chi connectivity index (χ0v) is 26.5. The van der Waals surface area contributed by atoms with Crippen LogP contribution in [-0.4, -0.2) is 66.5 Å². The van der Waals surface area contributed by atoms with Gasteiger partial charge in [0.2, 0.25) is 16.0 Å². The summed E-state index contributed by atoms with van der Waals surface area (Å²) in [7, 11) is -3.99. The molecule has 1 aliphatic carbocycles. The number of hydrogen-bond donors (Lipinski definition) is 3. The van der Waals surface area contributed by atoms with Gasteiger partial charge in [0.25, 0.3) is 0 Å². The van der Waals surface area contributed by atoms with E-state index < -0.39 is 21.1 Å². The minimum atomic E-state index is -3.99. The molecule has 9 nitrogen and oxygen atoms in total. The van der Waals surface area contributed by atoms with Crippen LogP contribution < -0.4 is 15.8 Å². The summed E-state index contributed by atoms with van der Waals surface area (Å²) in [5.74, 6) is -0.0803. The van der Waals surface area contributed by atoms with Crippen LogP contribution in [0.25, 0.3) is 21.8 Å². The van der Waals surface area contributed by atoms with Crippen molar-refractivity contribution in [2.24, 2.45) is 5.14 Å². The van der Waals surface area contributed by atoms with Crippen molar-refractivity contribution in [3.8, 4) is 21.8 Å². The van der Waals surface area contributed by atoms with Gasteiger partial charge in [-0.3, -0.25) is 4.90 Å². The SMILES string of the molecule is CCC(c1cccc(-c2nc(C(C)(C)C)sc2-c2ccnc(NC3CCC(N4CCNCC4)CC3)n2)c1F)S(N)(=O)=O. The van der Waals surface area contributed by atoms with Crippen molar-refractivity contribution < 1.29 is 12.8 Å². The maximum absolute atomic E-state index is 16.1. The molecule has 228 valence electrons. The fourth-order valence-corrected chi connectivity index (χ4v) is 8.09. The maximum atomic E-state index is 16.1. The van der Waals surface area contributed by atoms with Crippen molar-refractivity contribution in [2.45, 2.75) is 82.5 Å². The Morgan fingerprint density at radius 3 is 2.50 bits per heavy atom. The molecule has 2 aliphatic rings. The largest absolute Gasteiger partial charge is 0.351 e. The van der Waals surface area contributed by atoms with E-state index in [9.17, 15) is 8.42 Å². The lowest BCUT2D eigenvalue weighted by molar-refractivity contribution is 0.135. The van der Waals surface area contributed by atoms with E-state index in [-0.39, 0.29) is 23.0 Å². The normalized spacial score (nSPS) is 21.3. The van der Waals surface area contributed by atoms with Gasteiger partial charge in [-0.05, 0) is 44.2 Å². The van der Waals surface area contributed by atoms with Gasteiger partial charge < -0.3 is 10.6 Å². The Morgan fingerprint density at radius 1 is 1.14 bits per heavy atom. The molecule has 4 N–H and O–H groups in total. The Hall–Kier alpha value is -2.51. The second-order valence-corrected chi connectivity index (χ2v) is 15.1. The summed E-state index contributed by atoms with van der Waals surface area (Å²) in [4.78, 5) is 17.6. The molecule has 1 unspecified atom stereocenters. The van der Waals surface area contributed by atoms with Crippen molar-refractivity contribution in [1.82, 2.24) is 25.2 Å². The van der Waals surface area contributed by atoms with Crippen LogP contribution in [0.2, 0.25) is 0 Å². The molecule has 3 heterocycles. The highest BCUT2D eigenvalue weighted by Gasteiger charge is 2.30. The summed E-state index contributed by atoms with van der Waals surface area (Å²) in [6.45, 7) is 12.2. The van der Waals surface area contributed by atoms with E-state index >= 15 is 4.39 Å². The highest BCUT2D eigenvalue weighted by molar-refractivity contribution is 7.89. The third-order valence-electron chi connectivity index (χ3n) is 8.25. The van der Waals surface area contributed by atoms with E-state index in [1.54, 1.807) is 25.3 Å². The number of aromatic nitrogens is 3.